The van der Waals surface area contributed by atoms with Gasteiger partial charge < -0.3 is 14.8 Å². The summed E-state index contributed by atoms with van der Waals surface area (Å²) in [5.41, 5.74) is 1.87. The molecule has 2 aromatic rings. The number of ether oxygens (including phenoxy) is 2. The molecule has 0 bridgehead atoms. The summed E-state index contributed by atoms with van der Waals surface area (Å²) in [5.74, 6) is -0.159. The van der Waals surface area contributed by atoms with E-state index in [4.69, 9.17) is 4.74 Å². The first-order valence-electron chi connectivity index (χ1n) is 6.94. The molecule has 0 radical (unpaired) electrons. The zero-order chi connectivity index (χ0) is 16.7. The molecule has 0 aliphatic heterocycles. The van der Waals surface area contributed by atoms with Crippen LogP contribution in [0.15, 0.2) is 54.6 Å². The van der Waals surface area contributed by atoms with Gasteiger partial charge in [0.15, 0.2) is 0 Å². The predicted molar refractivity (Wildman–Crippen MR) is 88.4 cm³/mol. The molecule has 1 N–H and O–H groups in total. The number of carbonyl (C=O) groups excluding carboxylic acids is 2. The van der Waals surface area contributed by atoms with E-state index in [1.54, 1.807) is 48.5 Å². The molecule has 0 fully saturated rings. The van der Waals surface area contributed by atoms with Crippen molar-refractivity contribution in [2.24, 2.45) is 0 Å². The number of rotatable bonds is 5. The van der Waals surface area contributed by atoms with Gasteiger partial charge in [-0.25, -0.2) is 4.79 Å². The molecular weight excluding hydrogens is 294 g/mol. The highest BCUT2D eigenvalue weighted by molar-refractivity contribution is 6.05. The van der Waals surface area contributed by atoms with Gasteiger partial charge in [0.2, 0.25) is 0 Å². The Balaban J connectivity index is 2.18. The lowest BCUT2D eigenvalue weighted by Crippen LogP contribution is -2.12. The second-order valence-electron chi connectivity index (χ2n) is 4.64. The van der Waals surface area contributed by atoms with Crippen LogP contribution >= 0.6 is 0 Å². The summed E-state index contributed by atoms with van der Waals surface area (Å²) >= 11 is 0. The third-order valence-electron chi connectivity index (χ3n) is 3.12. The van der Waals surface area contributed by atoms with Gasteiger partial charge in [0.25, 0.3) is 5.91 Å². The summed E-state index contributed by atoms with van der Waals surface area (Å²) in [4.78, 5) is 23.3. The van der Waals surface area contributed by atoms with Gasteiger partial charge in [0.05, 0.1) is 19.9 Å². The number of hydrogen-bond acceptors (Lipinski definition) is 4. The fraction of sp³-hybridized carbons (Fsp3) is 0.111. The average Bonchev–Trinajstić information content (AvgIpc) is 2.61. The summed E-state index contributed by atoms with van der Waals surface area (Å²) in [7, 11) is 2.83. The average molecular weight is 311 g/mol. The minimum atomic E-state index is -0.439. The fourth-order valence-electron chi connectivity index (χ4n) is 1.93. The van der Waals surface area contributed by atoms with Gasteiger partial charge in [-0.1, -0.05) is 24.3 Å². The maximum absolute atomic E-state index is 12.2. The topological polar surface area (TPSA) is 64.6 Å². The monoisotopic (exact) mass is 311 g/mol. The number of benzene rings is 2. The van der Waals surface area contributed by atoms with Crippen LogP contribution in [0.3, 0.4) is 0 Å². The predicted octanol–water partition coefficient (Wildman–Crippen LogP) is 3.13. The molecule has 1 amide bonds. The van der Waals surface area contributed by atoms with E-state index < -0.39 is 5.97 Å². The minimum absolute atomic E-state index is 0.221. The number of nitrogens with one attached hydrogen (secondary N) is 1. The van der Waals surface area contributed by atoms with E-state index in [9.17, 15) is 9.59 Å². The lowest BCUT2D eigenvalue weighted by atomic mass is 10.1. The van der Waals surface area contributed by atoms with Crippen molar-refractivity contribution in [3.05, 3.63) is 65.7 Å². The molecule has 5 nitrogen and oxygen atoms in total. The third kappa shape index (κ3) is 4.44. The van der Waals surface area contributed by atoms with Gasteiger partial charge in [-0.2, -0.15) is 0 Å². The van der Waals surface area contributed by atoms with Gasteiger partial charge in [-0.3, -0.25) is 4.79 Å². The Morgan fingerprint density at radius 3 is 2.43 bits per heavy atom. The minimum Gasteiger partial charge on any atom is -0.495 e. The standard InChI is InChI=1S/C18H17NO4/c1-22-16-12-13(9-11-17(20)23-2)8-10-15(16)19-18(21)14-6-4-3-5-7-14/h3-12H,1-2H3,(H,19,21)/b11-9+. The Morgan fingerprint density at radius 2 is 1.78 bits per heavy atom. The van der Waals surface area contributed by atoms with Gasteiger partial charge >= 0.3 is 5.97 Å². The van der Waals surface area contributed by atoms with Crippen molar-refractivity contribution in [2.75, 3.05) is 19.5 Å². The van der Waals surface area contributed by atoms with Crippen molar-refractivity contribution < 1.29 is 19.1 Å². The van der Waals surface area contributed by atoms with Crippen molar-refractivity contribution in [2.45, 2.75) is 0 Å². The van der Waals surface area contributed by atoms with Crippen LogP contribution in [0.25, 0.3) is 6.08 Å². The molecule has 5 heteroatoms. The molecule has 0 aromatic heterocycles. The Bertz CT molecular complexity index is 723. The number of hydrogen-bond donors (Lipinski definition) is 1. The molecule has 0 spiro atoms. The van der Waals surface area contributed by atoms with Crippen LogP contribution in [0, 0.1) is 0 Å². The molecule has 0 heterocycles. The number of esters is 1. The smallest absolute Gasteiger partial charge is 0.330 e. The zero-order valence-electron chi connectivity index (χ0n) is 12.9. The summed E-state index contributed by atoms with van der Waals surface area (Å²) < 4.78 is 9.83. The highest BCUT2D eigenvalue weighted by atomic mass is 16.5. The SMILES string of the molecule is COC(=O)/C=C/c1ccc(NC(=O)c2ccccc2)c(OC)c1. The van der Waals surface area contributed by atoms with Crippen molar-refractivity contribution >= 4 is 23.6 Å². The first-order chi connectivity index (χ1) is 11.1. The Kier molecular flexibility index (Phi) is 5.52. The molecule has 0 aliphatic rings. The van der Waals surface area contributed by atoms with E-state index in [1.165, 1.54) is 20.3 Å². The first-order valence-corrected chi connectivity index (χ1v) is 6.94. The Labute approximate surface area is 134 Å². The normalized spacial score (nSPS) is 10.3. The lowest BCUT2D eigenvalue weighted by molar-refractivity contribution is -0.134. The highest BCUT2D eigenvalue weighted by Gasteiger charge is 2.09. The summed E-state index contributed by atoms with van der Waals surface area (Å²) in [6.45, 7) is 0. The van der Waals surface area contributed by atoms with E-state index in [0.717, 1.165) is 5.56 Å². The van der Waals surface area contributed by atoms with Gasteiger partial charge in [0, 0.05) is 11.6 Å². The first kappa shape index (κ1) is 16.3. The summed E-state index contributed by atoms with van der Waals surface area (Å²) in [6.07, 6.45) is 2.92. The van der Waals surface area contributed by atoms with Gasteiger partial charge in [0.1, 0.15) is 5.75 Å². The summed E-state index contributed by atoms with van der Waals surface area (Å²) in [5, 5.41) is 2.80. The molecule has 23 heavy (non-hydrogen) atoms. The van der Waals surface area contributed by atoms with E-state index >= 15 is 0 Å². The van der Waals surface area contributed by atoms with Crippen LogP contribution in [-0.4, -0.2) is 26.1 Å². The molecule has 0 saturated carbocycles. The van der Waals surface area contributed by atoms with Crippen LogP contribution < -0.4 is 10.1 Å². The Hall–Kier alpha value is -3.08. The molecule has 0 unspecified atom stereocenters. The van der Waals surface area contributed by atoms with E-state index in [0.29, 0.717) is 17.0 Å². The van der Waals surface area contributed by atoms with E-state index in [1.807, 2.05) is 6.07 Å². The molecule has 0 saturated heterocycles. The van der Waals surface area contributed by atoms with Gasteiger partial charge in [-0.15, -0.1) is 0 Å². The number of amides is 1. The maximum Gasteiger partial charge on any atom is 0.330 e. The number of methoxy groups -OCH3 is 2. The Morgan fingerprint density at radius 1 is 1.04 bits per heavy atom. The molecule has 0 aliphatic carbocycles. The molecular formula is C18H17NO4. The number of anilines is 1. The van der Waals surface area contributed by atoms with Crippen LogP contribution in [-0.2, 0) is 9.53 Å². The van der Waals surface area contributed by atoms with E-state index in [-0.39, 0.29) is 5.91 Å². The van der Waals surface area contributed by atoms with Gasteiger partial charge in [-0.05, 0) is 35.9 Å². The van der Waals surface area contributed by atoms with Crippen molar-refractivity contribution in [1.82, 2.24) is 0 Å². The van der Waals surface area contributed by atoms with Crippen molar-refractivity contribution in [3.63, 3.8) is 0 Å². The number of carbonyl (C=O) groups is 2. The quantitative estimate of drug-likeness (QED) is 0.680. The highest BCUT2D eigenvalue weighted by Crippen LogP contribution is 2.26. The molecule has 0 atom stereocenters. The van der Waals surface area contributed by atoms with Crippen molar-refractivity contribution in [3.8, 4) is 5.75 Å². The van der Waals surface area contributed by atoms with Crippen LogP contribution in [0.1, 0.15) is 15.9 Å². The zero-order valence-corrected chi connectivity index (χ0v) is 12.9. The fourth-order valence-corrected chi connectivity index (χ4v) is 1.93. The molecule has 2 aromatic carbocycles. The van der Waals surface area contributed by atoms with E-state index in [2.05, 4.69) is 10.1 Å². The van der Waals surface area contributed by atoms with Crippen molar-refractivity contribution in [1.29, 1.82) is 0 Å². The summed E-state index contributed by atoms with van der Waals surface area (Å²) in [6, 6.07) is 14.1. The largest absolute Gasteiger partial charge is 0.495 e. The second-order valence-corrected chi connectivity index (χ2v) is 4.64. The van der Waals surface area contributed by atoms with Crippen LogP contribution in [0.5, 0.6) is 5.75 Å². The third-order valence-corrected chi connectivity index (χ3v) is 3.12. The van der Waals surface area contributed by atoms with Crippen LogP contribution in [0.2, 0.25) is 0 Å². The van der Waals surface area contributed by atoms with Crippen LogP contribution in [0.4, 0.5) is 5.69 Å². The second kappa shape index (κ2) is 7.79. The molecule has 2 rings (SSSR count). The lowest BCUT2D eigenvalue weighted by Gasteiger charge is -2.11. The maximum atomic E-state index is 12.2. The molecule has 118 valence electrons.